The Labute approximate surface area is 217 Å². The van der Waals surface area contributed by atoms with Gasteiger partial charge < -0.3 is 8.97 Å². The largest absolute Gasteiger partial charge is 1.00 e. The van der Waals surface area contributed by atoms with Crippen molar-refractivity contribution in [2.75, 3.05) is 6.61 Å². The van der Waals surface area contributed by atoms with Gasteiger partial charge in [0.25, 0.3) is 0 Å². The normalized spacial score (nSPS) is 19.8. The summed E-state index contributed by atoms with van der Waals surface area (Å²) in [6, 6.07) is 1.93. The van der Waals surface area contributed by atoms with E-state index in [4.69, 9.17) is 4.42 Å². The van der Waals surface area contributed by atoms with Gasteiger partial charge in [-0.2, -0.15) is 0 Å². The number of furan rings is 1. The third-order valence-electron chi connectivity index (χ3n) is 6.75. The molecule has 1 aromatic rings. The fraction of sp³-hybridized carbons (Fsp3) is 0.680. The number of aryl methyl sites for hydroxylation is 1. The molecule has 0 N–H and O–H groups in total. The third-order valence-corrected chi connectivity index (χ3v) is 7.17. The third kappa shape index (κ3) is 11.2. The van der Waals surface area contributed by atoms with Gasteiger partial charge in [0, 0.05) is 0 Å². The predicted molar refractivity (Wildman–Crippen MR) is 123 cm³/mol. The summed E-state index contributed by atoms with van der Waals surface area (Å²) >= 11 is 0. The minimum absolute atomic E-state index is 0. The van der Waals surface area contributed by atoms with Crippen LogP contribution in [0.5, 0.6) is 0 Å². The Morgan fingerprint density at radius 3 is 2.75 bits per heavy atom. The van der Waals surface area contributed by atoms with E-state index in [9.17, 15) is 13.0 Å². The fourth-order valence-corrected chi connectivity index (χ4v) is 5.14. The minimum atomic E-state index is -4.65. The molecule has 176 valence electrons. The van der Waals surface area contributed by atoms with Crippen LogP contribution in [0.15, 0.2) is 46.3 Å². The molecule has 5 nitrogen and oxygen atoms in total. The number of hydrogen-bond donors (Lipinski definition) is 0. The van der Waals surface area contributed by atoms with E-state index < -0.39 is 10.4 Å². The molecule has 0 spiro atoms. The van der Waals surface area contributed by atoms with Crippen molar-refractivity contribution in [1.29, 1.82) is 0 Å². The van der Waals surface area contributed by atoms with Crippen molar-refractivity contribution < 1.29 is 51.1 Å². The fourth-order valence-electron chi connectivity index (χ4n) is 4.78. The van der Waals surface area contributed by atoms with Crippen LogP contribution >= 0.6 is 0 Å². The second-order valence-corrected chi connectivity index (χ2v) is 10.8. The van der Waals surface area contributed by atoms with Crippen molar-refractivity contribution in [3.63, 3.8) is 0 Å². The molecule has 32 heavy (non-hydrogen) atoms. The zero-order chi connectivity index (χ0) is 22.9. The smallest absolute Gasteiger partial charge is 0.726 e. The van der Waals surface area contributed by atoms with E-state index >= 15 is 0 Å². The SMILES string of the molecule is CC1=CCCC(C)(C)C1CC/C(C)=C/CCC(CCCc1ccoc1)COS(=O)(=O)[O-].[Na+]. The van der Waals surface area contributed by atoms with Gasteiger partial charge in [0.15, 0.2) is 0 Å². The maximum absolute atomic E-state index is 10.9. The molecule has 0 saturated heterocycles. The first-order chi connectivity index (χ1) is 14.6. The van der Waals surface area contributed by atoms with Crippen LogP contribution in [0.2, 0.25) is 0 Å². The first-order valence-electron chi connectivity index (χ1n) is 11.5. The van der Waals surface area contributed by atoms with Gasteiger partial charge in [-0.1, -0.05) is 37.1 Å². The maximum Gasteiger partial charge on any atom is 1.00 e. The van der Waals surface area contributed by atoms with Crippen LogP contribution < -0.4 is 29.6 Å². The summed E-state index contributed by atoms with van der Waals surface area (Å²) in [6.45, 7) is 9.17. The van der Waals surface area contributed by atoms with E-state index in [2.05, 4.69) is 44.0 Å². The Bertz CT molecular complexity index is 825. The molecule has 0 saturated carbocycles. The number of rotatable bonds is 13. The van der Waals surface area contributed by atoms with E-state index in [0.717, 1.165) is 44.1 Å². The average Bonchev–Trinajstić information content (AvgIpc) is 3.17. The summed E-state index contributed by atoms with van der Waals surface area (Å²) in [5.41, 5.74) is 4.39. The van der Waals surface area contributed by atoms with Gasteiger partial charge >= 0.3 is 29.6 Å². The minimum Gasteiger partial charge on any atom is -0.726 e. The van der Waals surface area contributed by atoms with E-state index in [-0.39, 0.29) is 42.1 Å². The molecule has 2 atom stereocenters. The van der Waals surface area contributed by atoms with Crippen LogP contribution in [0.4, 0.5) is 0 Å². The van der Waals surface area contributed by atoms with E-state index in [1.54, 1.807) is 12.5 Å². The quantitative estimate of drug-likeness (QED) is 0.189. The Balaban J connectivity index is 0.00000512. The maximum atomic E-state index is 10.9. The van der Waals surface area contributed by atoms with Crippen molar-refractivity contribution in [3.05, 3.63) is 47.5 Å². The zero-order valence-corrected chi connectivity index (χ0v) is 23.4. The van der Waals surface area contributed by atoms with Crippen LogP contribution in [0.1, 0.15) is 84.6 Å². The first kappa shape index (κ1) is 29.7. The van der Waals surface area contributed by atoms with Gasteiger partial charge in [-0.25, -0.2) is 8.42 Å². The van der Waals surface area contributed by atoms with E-state index in [1.165, 1.54) is 30.4 Å². The molecule has 1 aliphatic rings. The molecule has 2 rings (SSSR count). The van der Waals surface area contributed by atoms with Crippen molar-refractivity contribution in [3.8, 4) is 0 Å². The van der Waals surface area contributed by atoms with Crippen LogP contribution in [0.25, 0.3) is 0 Å². The Kier molecular flexibility index (Phi) is 13.1. The summed E-state index contributed by atoms with van der Waals surface area (Å²) in [6.07, 6.45) is 17.0. The topological polar surface area (TPSA) is 79.6 Å². The Morgan fingerprint density at radius 2 is 2.12 bits per heavy atom. The molecule has 0 bridgehead atoms. The van der Waals surface area contributed by atoms with Gasteiger partial charge in [-0.3, -0.25) is 4.18 Å². The van der Waals surface area contributed by atoms with Crippen LogP contribution in [0.3, 0.4) is 0 Å². The number of allylic oxidation sites excluding steroid dienone is 4. The van der Waals surface area contributed by atoms with Crippen LogP contribution in [-0.4, -0.2) is 19.6 Å². The van der Waals surface area contributed by atoms with Crippen molar-refractivity contribution >= 4 is 10.4 Å². The summed E-state index contributed by atoms with van der Waals surface area (Å²) < 4.78 is 42.3. The second kappa shape index (κ2) is 14.1. The number of hydrogen-bond acceptors (Lipinski definition) is 5. The Hall–Kier alpha value is -0.370. The predicted octanol–water partition coefficient (Wildman–Crippen LogP) is 3.59. The molecular weight excluding hydrogens is 435 g/mol. The molecule has 0 aromatic carbocycles. The van der Waals surface area contributed by atoms with Gasteiger partial charge in [0.05, 0.1) is 19.1 Å². The standard InChI is InChI=1S/C25H40O5S.Na/c1-20(13-14-24-21(2)9-7-16-25(24,3)4)8-5-10-22(19-30-31(26,27)28)11-6-12-23-15-17-29-18-23;/h8-9,15,17-18,22,24H,5-7,10-14,16,19H2,1-4H3,(H,26,27,28);/q;+1/p-1/b20-8+;. The molecule has 1 heterocycles. The van der Waals surface area contributed by atoms with Gasteiger partial charge in [-0.15, -0.1) is 0 Å². The monoisotopic (exact) mass is 474 g/mol. The first-order valence-corrected chi connectivity index (χ1v) is 12.8. The molecular formula is C25H39NaO5S. The van der Waals surface area contributed by atoms with Gasteiger partial charge in [0.1, 0.15) is 0 Å². The molecule has 0 radical (unpaired) electrons. The van der Waals surface area contributed by atoms with E-state index in [0.29, 0.717) is 11.3 Å². The van der Waals surface area contributed by atoms with Crippen molar-refractivity contribution in [2.45, 2.75) is 85.5 Å². The van der Waals surface area contributed by atoms with E-state index in [1.807, 2.05) is 6.07 Å². The summed E-state index contributed by atoms with van der Waals surface area (Å²) in [4.78, 5) is 0. The summed E-state index contributed by atoms with van der Waals surface area (Å²) in [5.74, 6) is 0.679. The molecule has 0 amide bonds. The second-order valence-electron chi connectivity index (χ2n) is 9.78. The Morgan fingerprint density at radius 1 is 1.38 bits per heavy atom. The molecule has 0 aliphatic heterocycles. The molecule has 1 aliphatic carbocycles. The van der Waals surface area contributed by atoms with Crippen molar-refractivity contribution in [1.82, 2.24) is 0 Å². The van der Waals surface area contributed by atoms with Gasteiger partial charge in [0.2, 0.25) is 10.4 Å². The average molecular weight is 475 g/mol. The van der Waals surface area contributed by atoms with Crippen LogP contribution in [0, 0.1) is 17.3 Å². The molecule has 1 aromatic heterocycles. The van der Waals surface area contributed by atoms with Crippen molar-refractivity contribution in [2.24, 2.45) is 17.3 Å². The van der Waals surface area contributed by atoms with Crippen LogP contribution in [-0.2, 0) is 21.0 Å². The zero-order valence-electron chi connectivity index (χ0n) is 20.6. The molecule has 2 unspecified atom stereocenters. The molecule has 7 heteroatoms. The van der Waals surface area contributed by atoms with Gasteiger partial charge in [-0.05, 0) is 101 Å². The summed E-state index contributed by atoms with van der Waals surface area (Å²) in [7, 11) is -4.65. The summed E-state index contributed by atoms with van der Waals surface area (Å²) in [5, 5.41) is 0. The molecule has 0 fully saturated rings.